The lowest BCUT2D eigenvalue weighted by molar-refractivity contribution is -0.136. The third kappa shape index (κ3) is 9.59. The van der Waals surface area contributed by atoms with Crippen LogP contribution in [-0.2, 0) is 4.79 Å². The van der Waals surface area contributed by atoms with Gasteiger partial charge in [-0.15, -0.1) is 0 Å². The summed E-state index contributed by atoms with van der Waals surface area (Å²) in [6.45, 7) is 2.18. The minimum Gasteiger partial charge on any atom is -0.481 e. The van der Waals surface area contributed by atoms with E-state index < -0.39 is 5.97 Å². The average molecular weight is 219 g/mol. The fraction of sp³-hybridized carbons (Fsp3) is 0.727. The second kappa shape index (κ2) is 9.07. The van der Waals surface area contributed by atoms with Gasteiger partial charge < -0.3 is 5.11 Å². The van der Waals surface area contributed by atoms with Gasteiger partial charge >= 0.3 is 5.97 Å². The zero-order chi connectivity index (χ0) is 10.8. The fourth-order valence-electron chi connectivity index (χ4n) is 1.22. The van der Waals surface area contributed by atoms with Crippen LogP contribution in [0.15, 0.2) is 11.1 Å². The first-order valence-corrected chi connectivity index (χ1v) is 5.61. The van der Waals surface area contributed by atoms with Gasteiger partial charge in [-0.2, -0.15) is 0 Å². The Bertz CT molecular complexity index is 188. The van der Waals surface area contributed by atoms with Gasteiger partial charge in [0.25, 0.3) is 0 Å². The molecule has 0 aliphatic carbocycles. The Hall–Kier alpha value is -0.500. The quantitative estimate of drug-likeness (QED) is 0.627. The van der Waals surface area contributed by atoms with Gasteiger partial charge in [0, 0.05) is 5.03 Å². The maximum atomic E-state index is 10.3. The highest BCUT2D eigenvalue weighted by molar-refractivity contribution is 6.30. The first-order valence-electron chi connectivity index (χ1n) is 5.23. The molecule has 0 aromatic carbocycles. The molecule has 3 heteroatoms. The van der Waals surface area contributed by atoms with Crippen molar-refractivity contribution in [1.82, 2.24) is 0 Å². The summed E-state index contributed by atoms with van der Waals surface area (Å²) in [6.07, 6.45) is 8.79. The molecule has 0 fully saturated rings. The van der Waals surface area contributed by atoms with Crippen LogP contribution in [0.5, 0.6) is 0 Å². The van der Waals surface area contributed by atoms with Crippen LogP contribution in [0, 0.1) is 0 Å². The predicted octanol–water partition coefficient (Wildman–Crippen LogP) is 3.94. The molecule has 0 saturated heterocycles. The summed E-state index contributed by atoms with van der Waals surface area (Å²) in [6, 6.07) is 0. The summed E-state index contributed by atoms with van der Waals surface area (Å²) in [4.78, 5) is 10.3. The van der Waals surface area contributed by atoms with Crippen molar-refractivity contribution in [3.8, 4) is 0 Å². The summed E-state index contributed by atoms with van der Waals surface area (Å²) in [5.41, 5.74) is 0. The summed E-state index contributed by atoms with van der Waals surface area (Å²) < 4.78 is 0. The van der Waals surface area contributed by atoms with E-state index in [2.05, 4.69) is 6.92 Å². The maximum Gasteiger partial charge on any atom is 0.308 e. The van der Waals surface area contributed by atoms with Crippen molar-refractivity contribution < 1.29 is 9.90 Å². The number of rotatable bonds is 8. The van der Waals surface area contributed by atoms with Gasteiger partial charge in [-0.1, -0.05) is 50.3 Å². The van der Waals surface area contributed by atoms with Crippen molar-refractivity contribution >= 4 is 17.6 Å². The van der Waals surface area contributed by atoms with Crippen molar-refractivity contribution in [2.75, 3.05) is 0 Å². The molecular weight excluding hydrogens is 200 g/mol. The van der Waals surface area contributed by atoms with E-state index in [0.29, 0.717) is 5.03 Å². The first-order chi connectivity index (χ1) is 6.66. The predicted molar refractivity (Wildman–Crippen MR) is 59.6 cm³/mol. The lowest BCUT2D eigenvalue weighted by Crippen LogP contribution is -1.93. The maximum absolute atomic E-state index is 10.3. The average Bonchev–Trinajstić information content (AvgIpc) is 2.10. The molecule has 0 unspecified atom stereocenters. The van der Waals surface area contributed by atoms with Crippen LogP contribution in [0.1, 0.15) is 51.9 Å². The fourth-order valence-corrected chi connectivity index (χ4v) is 1.45. The third-order valence-corrected chi connectivity index (χ3v) is 2.28. The van der Waals surface area contributed by atoms with E-state index in [9.17, 15) is 4.79 Å². The Kier molecular flexibility index (Phi) is 8.75. The smallest absolute Gasteiger partial charge is 0.308 e. The van der Waals surface area contributed by atoms with E-state index in [1.54, 1.807) is 0 Å². The van der Waals surface area contributed by atoms with Crippen LogP contribution in [0.2, 0.25) is 0 Å². The highest BCUT2D eigenvalue weighted by Gasteiger charge is 1.99. The monoisotopic (exact) mass is 218 g/mol. The number of hydrogen-bond donors (Lipinski definition) is 1. The molecule has 0 saturated carbocycles. The van der Waals surface area contributed by atoms with E-state index in [0.717, 1.165) is 12.8 Å². The lowest BCUT2D eigenvalue weighted by atomic mass is 10.1. The number of carbonyl (C=O) groups is 1. The Morgan fingerprint density at radius 3 is 2.50 bits per heavy atom. The van der Waals surface area contributed by atoms with E-state index >= 15 is 0 Å². The Balaban J connectivity index is 3.36. The van der Waals surface area contributed by atoms with Crippen molar-refractivity contribution in [3.63, 3.8) is 0 Å². The molecule has 0 aliphatic heterocycles. The van der Waals surface area contributed by atoms with Crippen LogP contribution >= 0.6 is 11.6 Å². The minimum absolute atomic E-state index is 0.0451. The Morgan fingerprint density at radius 1 is 1.29 bits per heavy atom. The number of halogens is 1. The highest BCUT2D eigenvalue weighted by atomic mass is 35.5. The van der Waals surface area contributed by atoms with Crippen LogP contribution < -0.4 is 0 Å². The number of hydrogen-bond acceptors (Lipinski definition) is 1. The summed E-state index contributed by atoms with van der Waals surface area (Å²) >= 11 is 5.70. The van der Waals surface area contributed by atoms with Crippen LogP contribution in [0.3, 0.4) is 0 Å². The standard InChI is InChI=1S/C11H19ClO2/c1-2-3-4-5-6-7-8-10(12)9-11(13)14/h8H,2-7,9H2,1H3,(H,13,14)/b10-8+. The van der Waals surface area contributed by atoms with Crippen molar-refractivity contribution in [2.24, 2.45) is 0 Å². The van der Waals surface area contributed by atoms with Crippen LogP contribution in [0.4, 0.5) is 0 Å². The highest BCUT2D eigenvalue weighted by Crippen LogP contribution is 2.11. The molecule has 0 aliphatic rings. The van der Waals surface area contributed by atoms with E-state index in [1.807, 2.05) is 6.08 Å². The summed E-state index contributed by atoms with van der Waals surface area (Å²) in [5.74, 6) is -0.864. The van der Waals surface area contributed by atoms with Gasteiger partial charge in [0.2, 0.25) is 0 Å². The largest absolute Gasteiger partial charge is 0.481 e. The second-order valence-corrected chi connectivity index (χ2v) is 3.91. The molecule has 82 valence electrons. The Morgan fingerprint density at radius 2 is 1.93 bits per heavy atom. The number of carboxylic acid groups (broad SMARTS) is 1. The van der Waals surface area contributed by atoms with Gasteiger partial charge in [0.15, 0.2) is 0 Å². The van der Waals surface area contributed by atoms with Crippen molar-refractivity contribution in [3.05, 3.63) is 11.1 Å². The molecule has 14 heavy (non-hydrogen) atoms. The van der Waals surface area contributed by atoms with E-state index in [-0.39, 0.29) is 6.42 Å². The molecular formula is C11H19ClO2. The van der Waals surface area contributed by atoms with Gasteiger partial charge in [0.1, 0.15) is 0 Å². The molecule has 0 atom stereocenters. The zero-order valence-electron chi connectivity index (χ0n) is 8.76. The van der Waals surface area contributed by atoms with Gasteiger partial charge in [-0.25, -0.2) is 0 Å². The number of allylic oxidation sites excluding steroid dienone is 1. The third-order valence-electron chi connectivity index (χ3n) is 1.99. The van der Waals surface area contributed by atoms with Crippen molar-refractivity contribution in [2.45, 2.75) is 51.9 Å². The molecule has 0 bridgehead atoms. The molecule has 0 spiro atoms. The van der Waals surface area contributed by atoms with Gasteiger partial charge in [0.05, 0.1) is 6.42 Å². The molecule has 1 N–H and O–H groups in total. The minimum atomic E-state index is -0.864. The van der Waals surface area contributed by atoms with Crippen LogP contribution in [-0.4, -0.2) is 11.1 Å². The molecule has 2 nitrogen and oxygen atoms in total. The molecule has 0 aromatic heterocycles. The molecule has 0 radical (unpaired) electrons. The SMILES string of the molecule is CCCCCCC/C=C(/Cl)CC(=O)O. The topological polar surface area (TPSA) is 37.3 Å². The van der Waals surface area contributed by atoms with Gasteiger partial charge in [-0.05, 0) is 12.8 Å². The second-order valence-electron chi connectivity index (χ2n) is 3.42. The number of carboxylic acids is 1. The molecule has 0 rings (SSSR count). The van der Waals surface area contributed by atoms with Gasteiger partial charge in [-0.3, -0.25) is 4.79 Å². The van der Waals surface area contributed by atoms with E-state index in [4.69, 9.17) is 16.7 Å². The normalized spacial score (nSPS) is 11.7. The molecule has 0 heterocycles. The summed E-state index contributed by atoms with van der Waals surface area (Å²) in [5, 5.41) is 8.88. The van der Waals surface area contributed by atoms with Crippen molar-refractivity contribution in [1.29, 1.82) is 0 Å². The number of unbranched alkanes of at least 4 members (excludes halogenated alkanes) is 5. The molecule has 0 aromatic rings. The zero-order valence-corrected chi connectivity index (χ0v) is 9.52. The van der Waals surface area contributed by atoms with Crippen LogP contribution in [0.25, 0.3) is 0 Å². The van der Waals surface area contributed by atoms with E-state index in [1.165, 1.54) is 25.7 Å². The lowest BCUT2D eigenvalue weighted by Gasteiger charge is -1.97. The Labute approximate surface area is 91.0 Å². The first kappa shape index (κ1) is 13.5. The molecule has 0 amide bonds. The number of aliphatic carboxylic acids is 1. The summed E-state index contributed by atoms with van der Waals surface area (Å²) in [7, 11) is 0.